The number of benzene rings is 1. The van der Waals surface area contributed by atoms with Crippen molar-refractivity contribution >= 4 is 11.6 Å². The van der Waals surface area contributed by atoms with Gasteiger partial charge >= 0.3 is 0 Å². The maximum absolute atomic E-state index is 12.2. The molecule has 0 saturated heterocycles. The number of nitrogen functional groups attached to an aromatic ring is 1. The molecule has 1 amide bonds. The summed E-state index contributed by atoms with van der Waals surface area (Å²) in [4.78, 5) is 13.8. The van der Waals surface area contributed by atoms with E-state index in [-0.39, 0.29) is 5.91 Å². The zero-order chi connectivity index (χ0) is 13.8. The van der Waals surface area contributed by atoms with Crippen molar-refractivity contribution in [1.29, 1.82) is 0 Å². The third-order valence-corrected chi connectivity index (χ3v) is 2.80. The summed E-state index contributed by atoms with van der Waals surface area (Å²) < 4.78 is 5.06. The molecule has 2 rings (SSSR count). The zero-order valence-corrected chi connectivity index (χ0v) is 10.9. The molecule has 2 aromatic rings. The predicted molar refractivity (Wildman–Crippen MR) is 71.8 cm³/mol. The van der Waals surface area contributed by atoms with E-state index in [1.165, 1.54) is 7.11 Å². The van der Waals surface area contributed by atoms with E-state index in [1.54, 1.807) is 42.5 Å². The van der Waals surface area contributed by atoms with Crippen LogP contribution >= 0.6 is 0 Å². The van der Waals surface area contributed by atoms with Crippen molar-refractivity contribution in [1.82, 2.24) is 15.1 Å². The lowest BCUT2D eigenvalue weighted by Crippen LogP contribution is -2.26. The molecular formula is C13H16N4O2. The van der Waals surface area contributed by atoms with Gasteiger partial charge in [-0.25, -0.2) is 0 Å². The van der Waals surface area contributed by atoms with Crippen molar-refractivity contribution in [2.45, 2.75) is 6.54 Å². The number of aromatic nitrogens is 2. The molecule has 0 radical (unpaired) electrons. The fourth-order valence-corrected chi connectivity index (χ4v) is 1.80. The summed E-state index contributed by atoms with van der Waals surface area (Å²) in [6.07, 6.45) is 3.44. The van der Waals surface area contributed by atoms with E-state index >= 15 is 0 Å². The molecule has 19 heavy (non-hydrogen) atoms. The molecule has 0 saturated carbocycles. The van der Waals surface area contributed by atoms with Gasteiger partial charge in [0.15, 0.2) is 0 Å². The monoisotopic (exact) mass is 260 g/mol. The highest BCUT2D eigenvalue weighted by Gasteiger charge is 2.14. The van der Waals surface area contributed by atoms with E-state index in [1.807, 2.05) is 0 Å². The van der Waals surface area contributed by atoms with Gasteiger partial charge in [-0.15, -0.1) is 0 Å². The van der Waals surface area contributed by atoms with Gasteiger partial charge in [0.25, 0.3) is 5.91 Å². The minimum Gasteiger partial charge on any atom is -0.495 e. The molecule has 0 fully saturated rings. The Morgan fingerprint density at radius 2 is 2.32 bits per heavy atom. The zero-order valence-electron chi connectivity index (χ0n) is 10.9. The van der Waals surface area contributed by atoms with Crippen molar-refractivity contribution < 1.29 is 9.53 Å². The van der Waals surface area contributed by atoms with E-state index in [4.69, 9.17) is 10.5 Å². The maximum Gasteiger partial charge on any atom is 0.253 e. The molecule has 1 aromatic heterocycles. The summed E-state index contributed by atoms with van der Waals surface area (Å²) in [5.74, 6) is 0.463. The fourth-order valence-electron chi connectivity index (χ4n) is 1.80. The lowest BCUT2D eigenvalue weighted by Gasteiger charge is -2.17. The number of nitrogens with zero attached hydrogens (tertiary/aromatic N) is 2. The number of hydrogen-bond acceptors (Lipinski definition) is 4. The first-order valence-electron chi connectivity index (χ1n) is 5.78. The number of rotatable bonds is 4. The third kappa shape index (κ3) is 2.85. The molecule has 0 bridgehead atoms. The number of aromatic amines is 1. The number of hydrogen-bond donors (Lipinski definition) is 2. The largest absolute Gasteiger partial charge is 0.495 e. The van der Waals surface area contributed by atoms with Crippen LogP contribution in [-0.2, 0) is 6.54 Å². The Labute approximate surface area is 111 Å². The molecule has 0 aliphatic heterocycles. The molecule has 100 valence electrons. The Bertz CT molecular complexity index is 566. The molecule has 0 aliphatic rings. The van der Waals surface area contributed by atoms with E-state index in [2.05, 4.69) is 10.2 Å². The number of anilines is 1. The van der Waals surface area contributed by atoms with Crippen LogP contribution in [-0.4, -0.2) is 35.2 Å². The summed E-state index contributed by atoms with van der Waals surface area (Å²) in [5.41, 5.74) is 7.72. The van der Waals surface area contributed by atoms with Crippen molar-refractivity contribution in [3.05, 3.63) is 41.7 Å². The number of nitrogens with two attached hydrogens (primary N) is 1. The average Bonchev–Trinajstić information content (AvgIpc) is 2.90. The quantitative estimate of drug-likeness (QED) is 0.811. The van der Waals surface area contributed by atoms with Gasteiger partial charge in [0.1, 0.15) is 5.75 Å². The molecule has 0 atom stereocenters. The lowest BCUT2D eigenvalue weighted by molar-refractivity contribution is 0.0785. The number of amides is 1. The van der Waals surface area contributed by atoms with Crippen LogP contribution in [0.3, 0.4) is 0 Å². The van der Waals surface area contributed by atoms with Crippen LogP contribution in [0.15, 0.2) is 30.6 Å². The van der Waals surface area contributed by atoms with Crippen LogP contribution in [0.25, 0.3) is 0 Å². The SMILES string of the molecule is COc1ccc(C(=O)N(C)Cc2cn[nH]c2)cc1N. The number of carbonyl (C=O) groups excluding carboxylic acids is 1. The summed E-state index contributed by atoms with van der Waals surface area (Å²) >= 11 is 0. The first-order chi connectivity index (χ1) is 9.11. The topological polar surface area (TPSA) is 84.2 Å². The molecule has 0 unspecified atom stereocenters. The Balaban J connectivity index is 2.12. The second-order valence-electron chi connectivity index (χ2n) is 4.22. The van der Waals surface area contributed by atoms with E-state index in [9.17, 15) is 4.79 Å². The van der Waals surface area contributed by atoms with Crippen LogP contribution in [0.1, 0.15) is 15.9 Å². The Morgan fingerprint density at radius 1 is 1.53 bits per heavy atom. The normalized spacial score (nSPS) is 10.2. The number of H-pyrrole nitrogens is 1. The number of ether oxygens (including phenoxy) is 1. The molecule has 6 heteroatoms. The first kappa shape index (κ1) is 12.9. The Kier molecular flexibility index (Phi) is 3.70. The molecular weight excluding hydrogens is 244 g/mol. The summed E-state index contributed by atoms with van der Waals surface area (Å²) in [5, 5.41) is 6.56. The van der Waals surface area contributed by atoms with E-state index < -0.39 is 0 Å². The van der Waals surface area contributed by atoms with Gasteiger partial charge < -0.3 is 15.4 Å². The third-order valence-electron chi connectivity index (χ3n) is 2.80. The highest BCUT2D eigenvalue weighted by Crippen LogP contribution is 2.22. The highest BCUT2D eigenvalue weighted by molar-refractivity contribution is 5.95. The predicted octanol–water partition coefficient (Wildman–Crippen LogP) is 1.27. The summed E-state index contributed by atoms with van der Waals surface area (Å²) in [7, 11) is 3.27. The summed E-state index contributed by atoms with van der Waals surface area (Å²) in [6, 6.07) is 5.00. The Hall–Kier alpha value is -2.50. The second-order valence-corrected chi connectivity index (χ2v) is 4.22. The van der Waals surface area contributed by atoms with Gasteiger partial charge in [0.05, 0.1) is 19.0 Å². The fraction of sp³-hybridized carbons (Fsp3) is 0.231. The van der Waals surface area contributed by atoms with Gasteiger partial charge in [-0.05, 0) is 18.2 Å². The smallest absolute Gasteiger partial charge is 0.253 e. The number of methoxy groups -OCH3 is 1. The standard InChI is InChI=1S/C13H16N4O2/c1-17(8-9-6-15-16-7-9)13(18)10-3-4-12(19-2)11(14)5-10/h3-7H,8,14H2,1-2H3,(H,15,16). The minimum atomic E-state index is -0.101. The first-order valence-corrected chi connectivity index (χ1v) is 5.78. The van der Waals surface area contributed by atoms with E-state index in [0.717, 1.165) is 5.56 Å². The van der Waals surface area contributed by atoms with Crippen LogP contribution in [0.2, 0.25) is 0 Å². The minimum absolute atomic E-state index is 0.101. The van der Waals surface area contributed by atoms with Gasteiger partial charge in [-0.2, -0.15) is 5.10 Å². The van der Waals surface area contributed by atoms with Gasteiger partial charge in [0, 0.05) is 30.9 Å². The average molecular weight is 260 g/mol. The molecule has 0 aliphatic carbocycles. The van der Waals surface area contributed by atoms with Crippen LogP contribution in [0.4, 0.5) is 5.69 Å². The van der Waals surface area contributed by atoms with Crippen LogP contribution in [0.5, 0.6) is 5.75 Å². The number of nitrogens with one attached hydrogen (secondary N) is 1. The highest BCUT2D eigenvalue weighted by atomic mass is 16.5. The molecule has 1 heterocycles. The Morgan fingerprint density at radius 3 is 2.89 bits per heavy atom. The second kappa shape index (κ2) is 5.43. The van der Waals surface area contributed by atoms with Crippen molar-refractivity contribution in [2.75, 3.05) is 19.9 Å². The van der Waals surface area contributed by atoms with E-state index in [0.29, 0.717) is 23.5 Å². The van der Waals surface area contributed by atoms with Gasteiger partial charge in [-0.1, -0.05) is 0 Å². The van der Waals surface area contributed by atoms with Crippen molar-refractivity contribution in [2.24, 2.45) is 0 Å². The van der Waals surface area contributed by atoms with Gasteiger partial charge in [0.2, 0.25) is 0 Å². The molecule has 3 N–H and O–H groups in total. The van der Waals surface area contributed by atoms with Crippen LogP contribution in [0, 0.1) is 0 Å². The van der Waals surface area contributed by atoms with Crippen LogP contribution < -0.4 is 10.5 Å². The summed E-state index contributed by atoms with van der Waals surface area (Å²) in [6.45, 7) is 0.487. The van der Waals surface area contributed by atoms with Crippen molar-refractivity contribution in [3.8, 4) is 5.75 Å². The van der Waals surface area contributed by atoms with Gasteiger partial charge in [-0.3, -0.25) is 9.89 Å². The number of carbonyl (C=O) groups is 1. The lowest BCUT2D eigenvalue weighted by atomic mass is 10.1. The van der Waals surface area contributed by atoms with Crippen molar-refractivity contribution in [3.63, 3.8) is 0 Å². The molecule has 6 nitrogen and oxygen atoms in total. The molecule has 1 aromatic carbocycles. The maximum atomic E-state index is 12.2. The molecule has 0 spiro atoms.